The Morgan fingerprint density at radius 3 is 2.86 bits per heavy atom. The zero-order chi connectivity index (χ0) is 14.8. The fraction of sp³-hybridized carbons (Fsp3) is 0.0714. The summed E-state index contributed by atoms with van der Waals surface area (Å²) in [5.74, 6) is 0.334. The number of nitrogen functional groups attached to an aromatic ring is 1. The lowest BCUT2D eigenvalue weighted by molar-refractivity contribution is 0.645. The Morgan fingerprint density at radius 1 is 1.24 bits per heavy atom. The molecule has 0 radical (unpaired) electrons. The first-order valence-electron chi connectivity index (χ1n) is 6.15. The van der Waals surface area contributed by atoms with E-state index < -0.39 is 0 Å². The minimum Gasteiger partial charge on any atom is -0.399 e. The highest BCUT2D eigenvalue weighted by molar-refractivity contribution is 7.98. The number of aromatic nitrogens is 3. The lowest BCUT2D eigenvalue weighted by Crippen LogP contribution is -2.23. The molecule has 106 valence electrons. The Labute approximate surface area is 129 Å². The van der Waals surface area contributed by atoms with Crippen LogP contribution in [0.5, 0.6) is 0 Å². The lowest BCUT2D eigenvalue weighted by Gasteiger charge is -2.06. The highest BCUT2D eigenvalue weighted by atomic mass is 35.5. The van der Waals surface area contributed by atoms with E-state index >= 15 is 0 Å². The smallest absolute Gasteiger partial charge is 0.278 e. The average molecular weight is 319 g/mol. The largest absolute Gasteiger partial charge is 0.399 e. The number of rotatable bonds is 3. The summed E-state index contributed by atoms with van der Waals surface area (Å²) in [6, 6.07) is 12.4. The SMILES string of the molecule is Nc1ccc(SCn2nnc3ccccc3c2=O)c(Cl)c1. The fourth-order valence-electron chi connectivity index (χ4n) is 1.87. The number of nitrogens with zero attached hydrogens (tertiary/aromatic N) is 3. The van der Waals surface area contributed by atoms with E-state index in [1.807, 2.05) is 12.1 Å². The Balaban J connectivity index is 1.88. The summed E-state index contributed by atoms with van der Waals surface area (Å²) in [6.45, 7) is 0. The Hall–Kier alpha value is -2.05. The Morgan fingerprint density at radius 2 is 2.05 bits per heavy atom. The van der Waals surface area contributed by atoms with Gasteiger partial charge in [0.15, 0.2) is 0 Å². The average Bonchev–Trinajstić information content (AvgIpc) is 2.48. The molecule has 7 heteroatoms. The van der Waals surface area contributed by atoms with Gasteiger partial charge in [-0.15, -0.1) is 16.9 Å². The van der Waals surface area contributed by atoms with Crippen LogP contribution in [0.3, 0.4) is 0 Å². The molecule has 5 nitrogen and oxygen atoms in total. The van der Waals surface area contributed by atoms with Crippen molar-refractivity contribution in [2.75, 3.05) is 5.73 Å². The van der Waals surface area contributed by atoms with Gasteiger partial charge in [-0.1, -0.05) is 28.9 Å². The number of hydrogen-bond acceptors (Lipinski definition) is 5. The van der Waals surface area contributed by atoms with Gasteiger partial charge in [-0.2, -0.15) is 0 Å². The second kappa shape index (κ2) is 5.75. The molecule has 0 aliphatic rings. The molecule has 0 unspecified atom stereocenters. The summed E-state index contributed by atoms with van der Waals surface area (Å²) < 4.78 is 1.32. The van der Waals surface area contributed by atoms with Crippen LogP contribution in [-0.2, 0) is 5.88 Å². The predicted molar refractivity (Wildman–Crippen MR) is 85.5 cm³/mol. The van der Waals surface area contributed by atoms with Crippen LogP contribution >= 0.6 is 23.4 Å². The summed E-state index contributed by atoms with van der Waals surface area (Å²) >= 11 is 7.51. The van der Waals surface area contributed by atoms with E-state index in [1.165, 1.54) is 16.4 Å². The van der Waals surface area contributed by atoms with Gasteiger partial charge < -0.3 is 5.73 Å². The molecule has 3 rings (SSSR count). The standard InChI is InChI=1S/C14H11ClN4OS/c15-11-7-9(16)5-6-13(11)21-8-19-14(20)10-3-1-2-4-12(10)17-18-19/h1-7H,8,16H2. The Bertz CT molecular complexity index is 865. The molecular weight excluding hydrogens is 308 g/mol. The molecule has 0 aliphatic carbocycles. The van der Waals surface area contributed by atoms with Crippen molar-refractivity contribution in [2.45, 2.75) is 10.8 Å². The first kappa shape index (κ1) is 13.9. The van der Waals surface area contributed by atoms with Crippen molar-refractivity contribution in [3.05, 3.63) is 57.8 Å². The molecule has 2 N–H and O–H groups in total. The molecule has 3 aromatic rings. The molecule has 0 aliphatic heterocycles. The minimum atomic E-state index is -0.167. The van der Waals surface area contributed by atoms with Gasteiger partial charge in [0, 0.05) is 10.6 Å². The number of anilines is 1. The maximum atomic E-state index is 12.3. The third-order valence-corrected chi connectivity index (χ3v) is 4.39. The van der Waals surface area contributed by atoms with Crippen LogP contribution in [-0.4, -0.2) is 15.0 Å². The van der Waals surface area contributed by atoms with Crippen LogP contribution in [0.2, 0.25) is 5.02 Å². The molecule has 21 heavy (non-hydrogen) atoms. The molecule has 1 aromatic heterocycles. The third kappa shape index (κ3) is 2.86. The van der Waals surface area contributed by atoms with Gasteiger partial charge in [0.2, 0.25) is 0 Å². The van der Waals surface area contributed by atoms with Gasteiger partial charge in [0.25, 0.3) is 5.56 Å². The van der Waals surface area contributed by atoms with E-state index in [9.17, 15) is 4.79 Å². The molecule has 0 atom stereocenters. The van der Waals surface area contributed by atoms with Crippen LogP contribution in [0.15, 0.2) is 52.2 Å². The molecule has 0 saturated heterocycles. The van der Waals surface area contributed by atoms with Gasteiger partial charge in [0.05, 0.1) is 16.3 Å². The van der Waals surface area contributed by atoms with E-state index in [1.54, 1.807) is 30.3 Å². The number of fused-ring (bicyclic) bond motifs is 1. The van der Waals surface area contributed by atoms with E-state index in [4.69, 9.17) is 17.3 Å². The zero-order valence-corrected chi connectivity index (χ0v) is 12.4. The lowest BCUT2D eigenvalue weighted by atomic mass is 10.2. The predicted octanol–water partition coefficient (Wildman–Crippen LogP) is 2.78. The molecule has 0 spiro atoms. The van der Waals surface area contributed by atoms with Crippen molar-refractivity contribution in [3.8, 4) is 0 Å². The molecule has 2 aromatic carbocycles. The van der Waals surface area contributed by atoms with Crippen molar-refractivity contribution in [2.24, 2.45) is 0 Å². The summed E-state index contributed by atoms with van der Waals surface area (Å²) in [7, 11) is 0. The monoisotopic (exact) mass is 318 g/mol. The van der Waals surface area contributed by atoms with Crippen molar-refractivity contribution in [3.63, 3.8) is 0 Å². The van der Waals surface area contributed by atoms with Gasteiger partial charge in [0.1, 0.15) is 5.52 Å². The Kier molecular flexibility index (Phi) is 3.81. The summed E-state index contributed by atoms with van der Waals surface area (Å²) in [6.07, 6.45) is 0. The topological polar surface area (TPSA) is 73.8 Å². The van der Waals surface area contributed by atoms with E-state index in [-0.39, 0.29) is 5.56 Å². The highest BCUT2D eigenvalue weighted by Crippen LogP contribution is 2.29. The highest BCUT2D eigenvalue weighted by Gasteiger charge is 2.07. The second-order valence-electron chi connectivity index (χ2n) is 4.37. The van der Waals surface area contributed by atoms with Crippen molar-refractivity contribution in [1.29, 1.82) is 0 Å². The summed E-state index contributed by atoms with van der Waals surface area (Å²) in [5, 5.41) is 9.08. The normalized spacial score (nSPS) is 10.9. The molecule has 0 saturated carbocycles. The van der Waals surface area contributed by atoms with Gasteiger partial charge >= 0.3 is 0 Å². The van der Waals surface area contributed by atoms with Crippen molar-refractivity contribution >= 4 is 40.0 Å². The quantitative estimate of drug-likeness (QED) is 0.594. The second-order valence-corrected chi connectivity index (χ2v) is 5.77. The molecule has 1 heterocycles. The molecule has 0 bridgehead atoms. The summed E-state index contributed by atoms with van der Waals surface area (Å²) in [5.41, 5.74) is 6.68. The number of nitrogens with two attached hydrogens (primary N) is 1. The molecule has 0 fully saturated rings. The van der Waals surface area contributed by atoms with Crippen molar-refractivity contribution in [1.82, 2.24) is 15.0 Å². The van der Waals surface area contributed by atoms with Crippen LogP contribution < -0.4 is 11.3 Å². The van der Waals surface area contributed by atoms with E-state index in [0.717, 1.165) is 4.90 Å². The number of benzene rings is 2. The van der Waals surface area contributed by atoms with Gasteiger partial charge in [-0.25, -0.2) is 4.68 Å². The maximum Gasteiger partial charge on any atom is 0.278 e. The minimum absolute atomic E-state index is 0.167. The van der Waals surface area contributed by atoms with Crippen LogP contribution in [0.4, 0.5) is 5.69 Å². The van der Waals surface area contributed by atoms with Gasteiger partial charge in [-0.3, -0.25) is 4.79 Å². The number of halogens is 1. The van der Waals surface area contributed by atoms with E-state index in [2.05, 4.69) is 10.3 Å². The fourth-order valence-corrected chi connectivity index (χ4v) is 3.02. The van der Waals surface area contributed by atoms with Crippen LogP contribution in [0.1, 0.15) is 0 Å². The molecular formula is C14H11ClN4OS. The maximum absolute atomic E-state index is 12.3. The first-order valence-corrected chi connectivity index (χ1v) is 7.52. The first-order chi connectivity index (χ1) is 10.1. The van der Waals surface area contributed by atoms with Crippen LogP contribution in [0, 0.1) is 0 Å². The number of hydrogen-bond donors (Lipinski definition) is 1. The number of thioether (sulfide) groups is 1. The van der Waals surface area contributed by atoms with Crippen LogP contribution in [0.25, 0.3) is 10.9 Å². The third-order valence-electron chi connectivity index (χ3n) is 2.93. The van der Waals surface area contributed by atoms with Crippen molar-refractivity contribution < 1.29 is 0 Å². The zero-order valence-electron chi connectivity index (χ0n) is 10.9. The van der Waals surface area contributed by atoms with Gasteiger partial charge in [-0.05, 0) is 30.3 Å². The summed E-state index contributed by atoms with van der Waals surface area (Å²) in [4.78, 5) is 13.1. The molecule has 0 amide bonds. The van der Waals surface area contributed by atoms with E-state index in [0.29, 0.717) is 27.5 Å².